The van der Waals surface area contributed by atoms with Gasteiger partial charge < -0.3 is 9.47 Å². The van der Waals surface area contributed by atoms with E-state index in [2.05, 4.69) is 33.5 Å². The molecular formula is C18H26N4O2S. The van der Waals surface area contributed by atoms with Crippen LogP contribution < -0.4 is 0 Å². The highest BCUT2D eigenvalue weighted by molar-refractivity contribution is 7.09. The van der Waals surface area contributed by atoms with E-state index in [0.717, 1.165) is 56.3 Å². The Hall–Kier alpha value is -1.28. The molecule has 7 heteroatoms. The van der Waals surface area contributed by atoms with Crippen molar-refractivity contribution < 1.29 is 9.47 Å². The van der Waals surface area contributed by atoms with Gasteiger partial charge in [0.05, 0.1) is 35.2 Å². The molecule has 6 nitrogen and oxygen atoms in total. The molecule has 2 saturated heterocycles. The maximum Gasteiger partial charge on any atom is 0.0959 e. The zero-order chi connectivity index (χ0) is 17.3. The van der Waals surface area contributed by atoms with Crippen molar-refractivity contribution in [1.82, 2.24) is 19.7 Å². The zero-order valence-electron chi connectivity index (χ0n) is 15.0. The third-order valence-electron chi connectivity index (χ3n) is 5.02. The van der Waals surface area contributed by atoms with Gasteiger partial charge in [0.15, 0.2) is 0 Å². The van der Waals surface area contributed by atoms with Gasteiger partial charge in [0.1, 0.15) is 0 Å². The summed E-state index contributed by atoms with van der Waals surface area (Å²) in [5, 5.41) is 7.54. The lowest BCUT2D eigenvalue weighted by Gasteiger charge is -2.53. The number of rotatable bonds is 6. The second-order valence-electron chi connectivity index (χ2n) is 7.16. The Morgan fingerprint density at radius 1 is 1.44 bits per heavy atom. The van der Waals surface area contributed by atoms with E-state index in [1.54, 1.807) is 11.3 Å². The van der Waals surface area contributed by atoms with E-state index < -0.39 is 0 Å². The highest BCUT2D eigenvalue weighted by Crippen LogP contribution is 2.36. The number of thiazole rings is 1. The Bertz CT molecular complexity index is 708. The highest BCUT2D eigenvalue weighted by atomic mass is 32.1. The highest BCUT2D eigenvalue weighted by Gasteiger charge is 2.47. The van der Waals surface area contributed by atoms with E-state index in [1.807, 2.05) is 17.8 Å². The second kappa shape index (κ2) is 7.15. The Balaban J connectivity index is 1.25. The Labute approximate surface area is 152 Å². The minimum Gasteiger partial charge on any atom is -0.372 e. The van der Waals surface area contributed by atoms with Gasteiger partial charge in [-0.15, -0.1) is 11.3 Å². The van der Waals surface area contributed by atoms with Crippen LogP contribution in [0.5, 0.6) is 0 Å². The number of nitrogens with zero attached hydrogens (tertiary/aromatic N) is 4. The number of ether oxygens (including phenoxy) is 2. The van der Waals surface area contributed by atoms with Gasteiger partial charge in [-0.2, -0.15) is 5.10 Å². The SMILES string of the molecule is CCn1cc(CN2CC3(CC(OCc4csc(C)n4)CCO3)C2)cn1. The van der Waals surface area contributed by atoms with Crippen molar-refractivity contribution in [2.75, 3.05) is 19.7 Å². The van der Waals surface area contributed by atoms with E-state index in [1.165, 1.54) is 5.56 Å². The summed E-state index contributed by atoms with van der Waals surface area (Å²) in [6.07, 6.45) is 6.35. The van der Waals surface area contributed by atoms with Crippen LogP contribution >= 0.6 is 11.3 Å². The fraction of sp³-hybridized carbons (Fsp3) is 0.667. The first kappa shape index (κ1) is 17.1. The topological polar surface area (TPSA) is 52.4 Å². The molecule has 2 aromatic heterocycles. The largest absolute Gasteiger partial charge is 0.372 e. The smallest absolute Gasteiger partial charge is 0.0959 e. The molecule has 0 radical (unpaired) electrons. The lowest BCUT2D eigenvalue weighted by atomic mass is 9.84. The van der Waals surface area contributed by atoms with E-state index in [9.17, 15) is 0 Å². The van der Waals surface area contributed by atoms with Crippen molar-refractivity contribution in [3.8, 4) is 0 Å². The van der Waals surface area contributed by atoms with E-state index in [4.69, 9.17) is 9.47 Å². The summed E-state index contributed by atoms with van der Waals surface area (Å²) in [5.74, 6) is 0. The van der Waals surface area contributed by atoms with Crippen LogP contribution in [0.15, 0.2) is 17.8 Å². The monoisotopic (exact) mass is 362 g/mol. The molecule has 25 heavy (non-hydrogen) atoms. The van der Waals surface area contributed by atoms with E-state index in [0.29, 0.717) is 6.61 Å². The van der Waals surface area contributed by atoms with Crippen molar-refractivity contribution in [3.63, 3.8) is 0 Å². The van der Waals surface area contributed by atoms with Crippen molar-refractivity contribution in [2.24, 2.45) is 0 Å². The minimum atomic E-state index is -0.0122. The van der Waals surface area contributed by atoms with Gasteiger partial charge in [-0.3, -0.25) is 9.58 Å². The molecule has 2 aromatic rings. The molecule has 0 N–H and O–H groups in total. The number of hydrogen-bond donors (Lipinski definition) is 0. The molecule has 136 valence electrons. The normalized spacial score (nSPS) is 23.0. The molecule has 1 unspecified atom stereocenters. The van der Waals surface area contributed by atoms with Crippen LogP contribution in [0.3, 0.4) is 0 Å². The maximum atomic E-state index is 6.13. The zero-order valence-corrected chi connectivity index (χ0v) is 15.8. The lowest BCUT2D eigenvalue weighted by Crippen LogP contribution is -2.65. The first-order valence-electron chi connectivity index (χ1n) is 9.04. The molecule has 0 aromatic carbocycles. The molecule has 0 amide bonds. The standard InChI is InChI=1S/C18H26N4O2S/c1-3-22-9-15(7-19-22)8-21-12-18(13-21)6-17(4-5-24-18)23-10-16-11-25-14(2)20-16/h7,9,11,17H,3-6,8,10,12-13H2,1-2H3. The summed E-state index contributed by atoms with van der Waals surface area (Å²) in [5.41, 5.74) is 2.31. The number of aryl methyl sites for hydroxylation is 2. The summed E-state index contributed by atoms with van der Waals surface area (Å²) < 4.78 is 14.2. The Kier molecular flexibility index (Phi) is 4.90. The van der Waals surface area contributed by atoms with Gasteiger partial charge in [-0.25, -0.2) is 4.98 Å². The summed E-state index contributed by atoms with van der Waals surface area (Å²) in [6.45, 7) is 9.40. The summed E-state index contributed by atoms with van der Waals surface area (Å²) in [6, 6.07) is 0. The first-order chi connectivity index (χ1) is 12.1. The molecule has 2 fully saturated rings. The van der Waals surface area contributed by atoms with Gasteiger partial charge in [0.25, 0.3) is 0 Å². The quantitative estimate of drug-likeness (QED) is 0.791. The summed E-state index contributed by atoms with van der Waals surface area (Å²) >= 11 is 1.68. The fourth-order valence-electron chi connectivity index (χ4n) is 3.82. The molecule has 4 rings (SSSR count). The third kappa shape index (κ3) is 3.95. The van der Waals surface area contributed by atoms with Crippen molar-refractivity contribution >= 4 is 11.3 Å². The lowest BCUT2D eigenvalue weighted by molar-refractivity contribution is -0.200. The summed E-state index contributed by atoms with van der Waals surface area (Å²) in [4.78, 5) is 6.91. The molecule has 4 heterocycles. The second-order valence-corrected chi connectivity index (χ2v) is 8.23. The average molecular weight is 362 g/mol. The molecule has 0 bridgehead atoms. The Morgan fingerprint density at radius 2 is 2.32 bits per heavy atom. The van der Waals surface area contributed by atoms with Crippen LogP contribution in [0.4, 0.5) is 0 Å². The van der Waals surface area contributed by atoms with Gasteiger partial charge in [0.2, 0.25) is 0 Å². The van der Waals surface area contributed by atoms with E-state index in [-0.39, 0.29) is 11.7 Å². The van der Waals surface area contributed by atoms with Gasteiger partial charge >= 0.3 is 0 Å². The minimum absolute atomic E-state index is 0.0122. The number of likely N-dealkylation sites (tertiary alicyclic amines) is 1. The number of hydrogen-bond acceptors (Lipinski definition) is 6. The molecular weight excluding hydrogens is 336 g/mol. The van der Waals surface area contributed by atoms with Gasteiger partial charge in [0, 0.05) is 56.3 Å². The first-order valence-corrected chi connectivity index (χ1v) is 9.92. The van der Waals surface area contributed by atoms with Crippen LogP contribution in [0.1, 0.15) is 36.0 Å². The third-order valence-corrected chi connectivity index (χ3v) is 5.84. The maximum absolute atomic E-state index is 6.13. The molecule has 0 aliphatic carbocycles. The van der Waals surface area contributed by atoms with Crippen LogP contribution in [0, 0.1) is 6.92 Å². The van der Waals surface area contributed by atoms with Crippen LogP contribution in [-0.2, 0) is 29.2 Å². The Morgan fingerprint density at radius 3 is 3.04 bits per heavy atom. The van der Waals surface area contributed by atoms with Crippen molar-refractivity contribution in [1.29, 1.82) is 0 Å². The molecule has 2 aliphatic rings. The van der Waals surface area contributed by atoms with Crippen LogP contribution in [0.25, 0.3) is 0 Å². The average Bonchev–Trinajstić information content (AvgIpc) is 3.21. The van der Waals surface area contributed by atoms with Crippen LogP contribution in [-0.4, -0.2) is 51.1 Å². The summed E-state index contributed by atoms with van der Waals surface area (Å²) in [7, 11) is 0. The predicted octanol–water partition coefficient (Wildman–Crippen LogP) is 2.62. The van der Waals surface area contributed by atoms with Crippen molar-refractivity contribution in [3.05, 3.63) is 34.0 Å². The van der Waals surface area contributed by atoms with Gasteiger partial charge in [-0.1, -0.05) is 0 Å². The molecule has 0 saturated carbocycles. The molecule has 1 spiro atoms. The predicted molar refractivity (Wildman–Crippen MR) is 96.5 cm³/mol. The van der Waals surface area contributed by atoms with Gasteiger partial charge in [-0.05, 0) is 20.3 Å². The molecule has 1 atom stereocenters. The number of aromatic nitrogens is 3. The van der Waals surface area contributed by atoms with Crippen LogP contribution in [0.2, 0.25) is 0 Å². The molecule has 2 aliphatic heterocycles. The fourth-order valence-corrected chi connectivity index (χ4v) is 4.42. The van der Waals surface area contributed by atoms with Crippen molar-refractivity contribution in [2.45, 2.75) is 58.1 Å². The van der Waals surface area contributed by atoms with E-state index >= 15 is 0 Å².